The minimum atomic E-state index is -0.641. The van der Waals surface area contributed by atoms with E-state index in [1.54, 1.807) is 17.0 Å². The van der Waals surface area contributed by atoms with E-state index in [-0.39, 0.29) is 29.6 Å². The molecule has 2 amide bonds. The third-order valence-electron chi connectivity index (χ3n) is 5.45. The van der Waals surface area contributed by atoms with E-state index in [9.17, 15) is 19.1 Å². The van der Waals surface area contributed by atoms with Gasteiger partial charge in [0.2, 0.25) is 11.8 Å². The number of hydrogen-bond acceptors (Lipinski definition) is 3. The number of halogens is 1. The number of aliphatic hydroxyl groups is 1. The second-order valence-corrected chi connectivity index (χ2v) is 7.03. The Hall–Kier alpha value is -1.95. The van der Waals surface area contributed by atoms with Crippen LogP contribution in [0.15, 0.2) is 24.3 Å². The molecular weight excluding hydrogens is 323 g/mol. The summed E-state index contributed by atoms with van der Waals surface area (Å²) >= 11 is 0. The van der Waals surface area contributed by atoms with E-state index < -0.39 is 6.10 Å². The highest BCUT2D eigenvalue weighted by molar-refractivity contribution is 5.87. The number of piperidine rings is 1. The van der Waals surface area contributed by atoms with Gasteiger partial charge in [0.25, 0.3) is 0 Å². The molecular formula is C19H25FN2O3. The van der Waals surface area contributed by atoms with Gasteiger partial charge in [0.05, 0.1) is 6.10 Å². The first-order chi connectivity index (χ1) is 12.0. The number of benzene rings is 1. The van der Waals surface area contributed by atoms with Crippen LogP contribution in [-0.2, 0) is 9.59 Å². The van der Waals surface area contributed by atoms with Gasteiger partial charge in [0.15, 0.2) is 0 Å². The standard InChI is InChI=1S/C19H25FN2O3/c1-13(23)22-10-2-3-17(22)19(25)21-11-8-15(9-12-21)18(24)14-4-6-16(20)7-5-14/h4-7,15,17-18,24H,2-3,8-12H2,1H3. The van der Waals surface area contributed by atoms with Crippen LogP contribution in [0.1, 0.15) is 44.3 Å². The molecule has 3 rings (SSSR count). The summed E-state index contributed by atoms with van der Waals surface area (Å²) in [6.07, 6.45) is 2.37. The monoisotopic (exact) mass is 348 g/mol. The van der Waals surface area contributed by atoms with E-state index in [0.717, 1.165) is 12.8 Å². The average molecular weight is 348 g/mol. The first kappa shape index (κ1) is 17.9. The number of carbonyl (C=O) groups excluding carboxylic acids is 2. The summed E-state index contributed by atoms with van der Waals surface area (Å²) in [7, 11) is 0. The maximum atomic E-state index is 13.0. The van der Waals surface area contributed by atoms with Gasteiger partial charge in [-0.15, -0.1) is 0 Å². The highest BCUT2D eigenvalue weighted by Crippen LogP contribution is 2.31. The van der Waals surface area contributed by atoms with Gasteiger partial charge in [0.1, 0.15) is 11.9 Å². The number of amides is 2. The molecule has 1 N–H and O–H groups in total. The van der Waals surface area contributed by atoms with E-state index >= 15 is 0 Å². The smallest absolute Gasteiger partial charge is 0.245 e. The Morgan fingerprint density at radius 1 is 1.12 bits per heavy atom. The van der Waals surface area contributed by atoms with Crippen molar-refractivity contribution in [2.45, 2.75) is 44.8 Å². The molecule has 2 saturated heterocycles. The Balaban J connectivity index is 1.57. The third-order valence-corrected chi connectivity index (χ3v) is 5.45. The summed E-state index contributed by atoms with van der Waals surface area (Å²) in [6, 6.07) is 5.61. The lowest BCUT2D eigenvalue weighted by molar-refractivity contribution is -0.144. The predicted molar refractivity (Wildman–Crippen MR) is 91.1 cm³/mol. The SMILES string of the molecule is CC(=O)N1CCCC1C(=O)N1CCC(C(O)c2ccc(F)cc2)CC1. The first-order valence-electron chi connectivity index (χ1n) is 8.97. The van der Waals surface area contributed by atoms with E-state index in [4.69, 9.17) is 0 Å². The van der Waals surface area contributed by atoms with E-state index in [1.165, 1.54) is 19.1 Å². The van der Waals surface area contributed by atoms with Gasteiger partial charge in [0, 0.05) is 26.6 Å². The third kappa shape index (κ3) is 3.84. The molecule has 136 valence electrons. The van der Waals surface area contributed by atoms with Crippen LogP contribution < -0.4 is 0 Å². The molecule has 2 aliphatic heterocycles. The molecule has 0 radical (unpaired) electrons. The summed E-state index contributed by atoms with van der Waals surface area (Å²) in [5.41, 5.74) is 0.713. The summed E-state index contributed by atoms with van der Waals surface area (Å²) in [6.45, 7) is 3.34. The molecule has 2 unspecified atom stereocenters. The highest BCUT2D eigenvalue weighted by Gasteiger charge is 2.37. The molecule has 0 bridgehead atoms. The first-order valence-corrected chi connectivity index (χ1v) is 8.97. The molecule has 5 nitrogen and oxygen atoms in total. The number of hydrogen-bond donors (Lipinski definition) is 1. The minimum absolute atomic E-state index is 0.0300. The molecule has 1 aromatic rings. The Bertz CT molecular complexity index is 626. The molecule has 2 atom stereocenters. The van der Waals surface area contributed by atoms with Gasteiger partial charge in [-0.2, -0.15) is 0 Å². The lowest BCUT2D eigenvalue weighted by Crippen LogP contribution is -2.49. The molecule has 2 heterocycles. The van der Waals surface area contributed by atoms with Gasteiger partial charge >= 0.3 is 0 Å². The van der Waals surface area contributed by atoms with Crippen molar-refractivity contribution in [3.63, 3.8) is 0 Å². The minimum Gasteiger partial charge on any atom is -0.388 e. The van der Waals surface area contributed by atoms with Crippen LogP contribution >= 0.6 is 0 Å². The second-order valence-electron chi connectivity index (χ2n) is 7.03. The molecule has 0 spiro atoms. The van der Waals surface area contributed by atoms with Crippen LogP contribution in [0, 0.1) is 11.7 Å². The Labute approximate surface area is 147 Å². The Morgan fingerprint density at radius 3 is 2.36 bits per heavy atom. The van der Waals surface area contributed by atoms with Gasteiger partial charge in [-0.3, -0.25) is 9.59 Å². The van der Waals surface area contributed by atoms with Crippen LogP contribution in [-0.4, -0.2) is 52.4 Å². The summed E-state index contributed by atoms with van der Waals surface area (Å²) < 4.78 is 13.0. The van der Waals surface area contributed by atoms with E-state index in [2.05, 4.69) is 0 Å². The van der Waals surface area contributed by atoms with Crippen molar-refractivity contribution in [2.24, 2.45) is 5.92 Å². The highest BCUT2D eigenvalue weighted by atomic mass is 19.1. The predicted octanol–water partition coefficient (Wildman–Crippen LogP) is 2.11. The number of rotatable bonds is 3. The van der Waals surface area contributed by atoms with Crippen molar-refractivity contribution in [2.75, 3.05) is 19.6 Å². The molecule has 2 aliphatic rings. The fraction of sp³-hybridized carbons (Fsp3) is 0.579. The molecule has 1 aromatic carbocycles. The molecule has 25 heavy (non-hydrogen) atoms. The van der Waals surface area contributed by atoms with Crippen LogP contribution in [0.25, 0.3) is 0 Å². The quantitative estimate of drug-likeness (QED) is 0.910. The van der Waals surface area contributed by atoms with Gasteiger partial charge in [-0.1, -0.05) is 12.1 Å². The van der Waals surface area contributed by atoms with Crippen molar-refractivity contribution >= 4 is 11.8 Å². The number of aliphatic hydroxyl groups excluding tert-OH is 1. The molecule has 0 aromatic heterocycles. The van der Waals surface area contributed by atoms with Gasteiger partial charge in [-0.25, -0.2) is 4.39 Å². The Kier molecular flexibility index (Phi) is 5.37. The lowest BCUT2D eigenvalue weighted by Gasteiger charge is -2.37. The lowest BCUT2D eigenvalue weighted by atomic mass is 9.87. The molecule has 6 heteroatoms. The summed E-state index contributed by atoms with van der Waals surface area (Å²) in [5.74, 6) is -0.273. The van der Waals surface area contributed by atoms with Crippen molar-refractivity contribution in [3.8, 4) is 0 Å². The zero-order valence-electron chi connectivity index (χ0n) is 14.5. The average Bonchev–Trinajstić information content (AvgIpc) is 3.11. The van der Waals surface area contributed by atoms with Crippen molar-refractivity contribution in [1.29, 1.82) is 0 Å². The Morgan fingerprint density at radius 2 is 1.76 bits per heavy atom. The topological polar surface area (TPSA) is 60.9 Å². The zero-order chi connectivity index (χ0) is 18.0. The fourth-order valence-corrected chi connectivity index (χ4v) is 3.98. The summed E-state index contributed by atoms with van der Waals surface area (Å²) in [5, 5.41) is 10.5. The molecule has 0 aliphatic carbocycles. The fourth-order valence-electron chi connectivity index (χ4n) is 3.98. The van der Waals surface area contributed by atoms with Crippen molar-refractivity contribution in [1.82, 2.24) is 9.80 Å². The van der Waals surface area contributed by atoms with E-state index in [1.807, 2.05) is 4.90 Å². The van der Waals surface area contributed by atoms with Crippen molar-refractivity contribution in [3.05, 3.63) is 35.6 Å². The number of carbonyl (C=O) groups is 2. The van der Waals surface area contributed by atoms with Crippen LogP contribution in [0.4, 0.5) is 4.39 Å². The van der Waals surface area contributed by atoms with Crippen LogP contribution in [0.3, 0.4) is 0 Å². The second kappa shape index (κ2) is 7.52. The number of likely N-dealkylation sites (tertiary alicyclic amines) is 2. The van der Waals surface area contributed by atoms with Crippen molar-refractivity contribution < 1.29 is 19.1 Å². The van der Waals surface area contributed by atoms with Crippen LogP contribution in [0.5, 0.6) is 0 Å². The maximum Gasteiger partial charge on any atom is 0.245 e. The normalized spacial score (nSPS) is 22.9. The molecule has 0 saturated carbocycles. The zero-order valence-corrected chi connectivity index (χ0v) is 14.5. The molecule has 2 fully saturated rings. The van der Waals surface area contributed by atoms with Crippen LogP contribution in [0.2, 0.25) is 0 Å². The number of nitrogens with zero attached hydrogens (tertiary/aromatic N) is 2. The van der Waals surface area contributed by atoms with Gasteiger partial charge < -0.3 is 14.9 Å². The largest absolute Gasteiger partial charge is 0.388 e. The maximum absolute atomic E-state index is 13.0. The van der Waals surface area contributed by atoms with E-state index in [0.29, 0.717) is 38.0 Å². The van der Waals surface area contributed by atoms with Gasteiger partial charge in [-0.05, 0) is 49.3 Å². The summed E-state index contributed by atoms with van der Waals surface area (Å²) in [4.78, 5) is 27.9.